The van der Waals surface area contributed by atoms with E-state index in [2.05, 4.69) is 19.2 Å². The van der Waals surface area contributed by atoms with Crippen LogP contribution in [0.1, 0.15) is 52.4 Å². The first-order valence-electron chi connectivity index (χ1n) is 6.99. The molecule has 2 heteroatoms. The van der Waals surface area contributed by atoms with Crippen molar-refractivity contribution in [3.8, 4) is 0 Å². The monoisotopic (exact) mass is 223 g/mol. The molecule has 1 spiro atoms. The summed E-state index contributed by atoms with van der Waals surface area (Å²) in [5.74, 6) is 0.886. The van der Waals surface area contributed by atoms with Crippen molar-refractivity contribution in [1.29, 1.82) is 0 Å². The maximum atomic E-state index is 6.20. The van der Waals surface area contributed by atoms with Crippen molar-refractivity contribution in [2.45, 2.75) is 64.0 Å². The van der Waals surface area contributed by atoms with Gasteiger partial charge >= 0.3 is 0 Å². The van der Waals surface area contributed by atoms with Gasteiger partial charge in [0, 0.05) is 12.6 Å². The minimum absolute atomic E-state index is 0.205. The van der Waals surface area contributed by atoms with E-state index in [4.69, 9.17) is 4.74 Å². The van der Waals surface area contributed by atoms with Gasteiger partial charge in [-0.3, -0.25) is 0 Å². The first-order valence-corrected chi connectivity index (χ1v) is 6.99. The smallest absolute Gasteiger partial charge is 0.0848 e. The van der Waals surface area contributed by atoms with Gasteiger partial charge in [0.15, 0.2) is 0 Å². The summed E-state index contributed by atoms with van der Waals surface area (Å²) in [6.45, 7) is 6.73. The predicted molar refractivity (Wildman–Crippen MR) is 65.4 cm³/mol. The molecule has 3 rings (SSSR count). The van der Waals surface area contributed by atoms with E-state index < -0.39 is 0 Å². The summed E-state index contributed by atoms with van der Waals surface area (Å²) in [5, 5.41) is 3.77. The second kappa shape index (κ2) is 3.71. The van der Waals surface area contributed by atoms with Crippen molar-refractivity contribution in [1.82, 2.24) is 5.32 Å². The van der Waals surface area contributed by atoms with Gasteiger partial charge in [0.25, 0.3) is 0 Å². The van der Waals surface area contributed by atoms with Crippen LogP contribution in [0.4, 0.5) is 0 Å². The molecule has 1 unspecified atom stereocenters. The highest BCUT2D eigenvalue weighted by Crippen LogP contribution is 2.55. The molecule has 2 saturated carbocycles. The minimum Gasteiger partial charge on any atom is -0.372 e. The van der Waals surface area contributed by atoms with Crippen LogP contribution in [0.2, 0.25) is 0 Å². The van der Waals surface area contributed by atoms with Gasteiger partial charge in [-0.1, -0.05) is 26.7 Å². The Morgan fingerprint density at radius 2 is 1.81 bits per heavy atom. The summed E-state index contributed by atoms with van der Waals surface area (Å²) < 4.78 is 6.20. The number of rotatable bonds is 1. The van der Waals surface area contributed by atoms with E-state index in [0.717, 1.165) is 19.1 Å². The van der Waals surface area contributed by atoms with Crippen LogP contribution in [0.3, 0.4) is 0 Å². The fourth-order valence-corrected chi connectivity index (χ4v) is 4.52. The van der Waals surface area contributed by atoms with E-state index in [1.54, 1.807) is 0 Å². The molecule has 0 aromatic rings. The zero-order valence-corrected chi connectivity index (χ0v) is 10.7. The molecule has 0 radical (unpaired) electrons. The zero-order chi connectivity index (χ0) is 11.2. The molecule has 0 aromatic carbocycles. The third kappa shape index (κ3) is 1.70. The lowest BCUT2D eigenvalue weighted by Gasteiger charge is -2.59. The normalized spacial score (nSPS) is 37.5. The Balaban J connectivity index is 1.74. The van der Waals surface area contributed by atoms with Gasteiger partial charge in [-0.25, -0.2) is 0 Å². The van der Waals surface area contributed by atoms with Crippen molar-refractivity contribution in [3.05, 3.63) is 0 Å². The van der Waals surface area contributed by atoms with Crippen LogP contribution in [0, 0.1) is 11.3 Å². The zero-order valence-electron chi connectivity index (χ0n) is 10.7. The lowest BCUT2D eigenvalue weighted by atomic mass is 9.56. The fraction of sp³-hybridized carbons (Fsp3) is 1.00. The van der Waals surface area contributed by atoms with Crippen LogP contribution < -0.4 is 5.32 Å². The van der Waals surface area contributed by atoms with Crippen LogP contribution in [0.5, 0.6) is 0 Å². The molecule has 92 valence electrons. The maximum absolute atomic E-state index is 6.20. The molecular weight excluding hydrogens is 198 g/mol. The summed E-state index contributed by atoms with van der Waals surface area (Å²) in [4.78, 5) is 0. The maximum Gasteiger partial charge on any atom is 0.0848 e. The summed E-state index contributed by atoms with van der Waals surface area (Å²) in [5.41, 5.74) is 0.715. The Morgan fingerprint density at radius 3 is 2.44 bits per heavy atom. The molecule has 3 fully saturated rings. The van der Waals surface area contributed by atoms with E-state index in [-0.39, 0.29) is 5.60 Å². The first-order chi connectivity index (χ1) is 7.61. The van der Waals surface area contributed by atoms with Crippen molar-refractivity contribution in [2.75, 3.05) is 13.2 Å². The number of ether oxygens (including phenoxy) is 1. The second-order valence-corrected chi connectivity index (χ2v) is 6.91. The molecule has 3 aliphatic rings. The molecule has 2 aliphatic carbocycles. The Hall–Kier alpha value is -0.0800. The average molecular weight is 223 g/mol. The van der Waals surface area contributed by atoms with Gasteiger partial charge in [-0.05, 0) is 37.0 Å². The molecule has 16 heavy (non-hydrogen) atoms. The Kier molecular flexibility index (Phi) is 2.56. The first kappa shape index (κ1) is 11.0. The van der Waals surface area contributed by atoms with Crippen molar-refractivity contribution in [2.24, 2.45) is 11.3 Å². The third-order valence-corrected chi connectivity index (χ3v) is 4.85. The standard InChI is InChI=1S/C14H25NO/c1-13(2)9-14(10-13)12(15-7-8-16-14)11-5-3-4-6-11/h11-12,15H,3-10H2,1-2H3. The molecule has 1 N–H and O–H groups in total. The van der Waals surface area contributed by atoms with E-state index in [9.17, 15) is 0 Å². The molecule has 1 atom stereocenters. The van der Waals surface area contributed by atoms with Gasteiger partial charge in [0.05, 0.1) is 12.2 Å². The van der Waals surface area contributed by atoms with Crippen LogP contribution >= 0.6 is 0 Å². The van der Waals surface area contributed by atoms with Gasteiger partial charge in [-0.15, -0.1) is 0 Å². The Bertz CT molecular complexity index is 260. The van der Waals surface area contributed by atoms with Crippen LogP contribution in [0.15, 0.2) is 0 Å². The third-order valence-electron chi connectivity index (χ3n) is 4.85. The SMILES string of the molecule is CC1(C)CC2(C1)OCCNC2C1CCCC1. The Morgan fingerprint density at radius 1 is 1.12 bits per heavy atom. The predicted octanol–water partition coefficient (Wildman–Crippen LogP) is 2.72. The molecular formula is C14H25NO. The quantitative estimate of drug-likeness (QED) is 0.738. The van der Waals surface area contributed by atoms with Crippen LogP contribution in [-0.2, 0) is 4.74 Å². The average Bonchev–Trinajstić information content (AvgIpc) is 2.68. The van der Waals surface area contributed by atoms with Crippen molar-refractivity contribution >= 4 is 0 Å². The number of hydrogen-bond acceptors (Lipinski definition) is 2. The lowest BCUT2D eigenvalue weighted by Crippen LogP contribution is -2.68. The lowest BCUT2D eigenvalue weighted by molar-refractivity contribution is -0.202. The molecule has 0 amide bonds. The van der Waals surface area contributed by atoms with Crippen molar-refractivity contribution in [3.63, 3.8) is 0 Å². The number of hydrogen-bond donors (Lipinski definition) is 1. The van der Waals surface area contributed by atoms with E-state index in [0.29, 0.717) is 11.5 Å². The van der Waals surface area contributed by atoms with Gasteiger partial charge in [0.1, 0.15) is 0 Å². The summed E-state index contributed by atoms with van der Waals surface area (Å²) in [6.07, 6.45) is 8.22. The molecule has 2 nitrogen and oxygen atoms in total. The summed E-state index contributed by atoms with van der Waals surface area (Å²) in [6, 6.07) is 0.650. The second-order valence-electron chi connectivity index (χ2n) is 6.91. The Labute approximate surface area is 99.1 Å². The van der Waals surface area contributed by atoms with Gasteiger partial charge in [-0.2, -0.15) is 0 Å². The van der Waals surface area contributed by atoms with E-state index >= 15 is 0 Å². The fourth-order valence-electron chi connectivity index (χ4n) is 4.52. The molecule has 1 heterocycles. The number of nitrogens with one attached hydrogen (secondary N) is 1. The van der Waals surface area contributed by atoms with Gasteiger partial charge in [0.2, 0.25) is 0 Å². The highest BCUT2D eigenvalue weighted by atomic mass is 16.5. The molecule has 1 saturated heterocycles. The van der Waals surface area contributed by atoms with Crippen LogP contribution in [-0.4, -0.2) is 24.8 Å². The number of morpholine rings is 1. The van der Waals surface area contributed by atoms with Crippen LogP contribution in [0.25, 0.3) is 0 Å². The largest absolute Gasteiger partial charge is 0.372 e. The topological polar surface area (TPSA) is 21.3 Å². The van der Waals surface area contributed by atoms with Gasteiger partial charge < -0.3 is 10.1 Å². The van der Waals surface area contributed by atoms with E-state index in [1.165, 1.54) is 38.5 Å². The highest BCUT2D eigenvalue weighted by Gasteiger charge is 2.57. The molecule has 0 aromatic heterocycles. The van der Waals surface area contributed by atoms with E-state index in [1.807, 2.05) is 0 Å². The van der Waals surface area contributed by atoms with Crippen molar-refractivity contribution < 1.29 is 4.74 Å². The molecule has 1 aliphatic heterocycles. The molecule has 0 bridgehead atoms. The summed E-state index contributed by atoms with van der Waals surface area (Å²) in [7, 11) is 0. The minimum atomic E-state index is 0.205. The highest BCUT2D eigenvalue weighted by molar-refractivity contribution is 5.11. The summed E-state index contributed by atoms with van der Waals surface area (Å²) >= 11 is 0.